The number of carbonyl (C=O) groups is 2. The van der Waals surface area contributed by atoms with Gasteiger partial charge in [-0.15, -0.1) is 0 Å². The van der Waals surface area contributed by atoms with Crippen molar-refractivity contribution in [2.75, 3.05) is 31.1 Å². The van der Waals surface area contributed by atoms with E-state index < -0.39 is 5.60 Å². The lowest BCUT2D eigenvalue weighted by atomic mass is 9.74. The molecule has 1 aromatic carbocycles. The molecule has 1 spiro atoms. The molecule has 1 aromatic heterocycles. The van der Waals surface area contributed by atoms with Gasteiger partial charge >= 0.3 is 12.1 Å². The second kappa shape index (κ2) is 9.05. The van der Waals surface area contributed by atoms with Crippen molar-refractivity contribution >= 4 is 23.6 Å². The van der Waals surface area contributed by atoms with E-state index in [0.717, 1.165) is 55.0 Å². The molecule has 0 saturated carbocycles. The zero-order valence-corrected chi connectivity index (χ0v) is 22.0. The molecule has 1 aliphatic carbocycles. The number of likely N-dealkylation sites (tertiary alicyclic amines) is 1. The van der Waals surface area contributed by atoms with Crippen LogP contribution in [0, 0.1) is 0 Å². The average molecular weight is 493 g/mol. The van der Waals surface area contributed by atoms with Crippen molar-refractivity contribution < 1.29 is 19.1 Å². The molecule has 192 valence electrons. The summed E-state index contributed by atoms with van der Waals surface area (Å²) in [5.74, 6) is 1.07. The summed E-state index contributed by atoms with van der Waals surface area (Å²) >= 11 is 0. The highest BCUT2D eigenvalue weighted by Gasteiger charge is 2.47. The van der Waals surface area contributed by atoms with E-state index in [0.29, 0.717) is 31.2 Å². The zero-order valence-electron chi connectivity index (χ0n) is 22.0. The van der Waals surface area contributed by atoms with Crippen LogP contribution in [0.25, 0.3) is 0 Å². The summed E-state index contributed by atoms with van der Waals surface area (Å²) in [7, 11) is 0. The second-order valence-corrected chi connectivity index (χ2v) is 11.3. The highest BCUT2D eigenvalue weighted by Crippen LogP contribution is 2.51. The van der Waals surface area contributed by atoms with Gasteiger partial charge in [0.15, 0.2) is 0 Å². The number of piperidine rings is 1. The van der Waals surface area contributed by atoms with Crippen LogP contribution < -0.4 is 4.90 Å². The lowest BCUT2D eigenvalue weighted by Gasteiger charge is -2.40. The normalized spacial score (nSPS) is 20.3. The SMILES string of the molecule is CCOC(=O)c1ccc2c(c1)C1(CCN(C(=O)OC(C)(C)C)CC1)CN2c1ncnc2c1C(C)CC2. The third kappa shape index (κ3) is 4.31. The fraction of sp³-hybridized carbons (Fsp3) is 0.571. The van der Waals surface area contributed by atoms with Gasteiger partial charge in [0.2, 0.25) is 0 Å². The van der Waals surface area contributed by atoms with E-state index in [1.165, 1.54) is 5.56 Å². The topological polar surface area (TPSA) is 84.9 Å². The maximum atomic E-state index is 12.7. The van der Waals surface area contributed by atoms with Gasteiger partial charge in [0.1, 0.15) is 17.7 Å². The molecule has 2 aromatic rings. The molecular formula is C28H36N4O4. The monoisotopic (exact) mass is 492 g/mol. The van der Waals surface area contributed by atoms with Crippen molar-refractivity contribution in [3.63, 3.8) is 0 Å². The average Bonchev–Trinajstić information content (AvgIpc) is 3.37. The van der Waals surface area contributed by atoms with Crippen LogP contribution in [0.3, 0.4) is 0 Å². The Kier molecular flexibility index (Phi) is 6.17. The van der Waals surface area contributed by atoms with Gasteiger partial charge in [0.05, 0.1) is 12.2 Å². The Morgan fingerprint density at radius 1 is 1.17 bits per heavy atom. The highest BCUT2D eigenvalue weighted by molar-refractivity contribution is 5.91. The van der Waals surface area contributed by atoms with Gasteiger partial charge in [-0.25, -0.2) is 19.6 Å². The van der Waals surface area contributed by atoms with Gasteiger partial charge < -0.3 is 19.3 Å². The van der Waals surface area contributed by atoms with Gasteiger partial charge in [-0.2, -0.15) is 0 Å². The highest BCUT2D eigenvalue weighted by atomic mass is 16.6. The second-order valence-electron chi connectivity index (χ2n) is 11.3. The van der Waals surface area contributed by atoms with E-state index in [2.05, 4.69) is 16.8 Å². The fourth-order valence-corrected chi connectivity index (χ4v) is 5.91. The standard InChI is InChI=1S/C28H36N4O4/c1-6-35-25(33)19-8-10-22-20(15-19)28(11-13-31(14-12-28)26(34)36-27(3,4)5)16-32(22)24-23-18(2)7-9-21(23)29-17-30-24/h8,10,15,17-18H,6-7,9,11-14,16H2,1-5H3. The summed E-state index contributed by atoms with van der Waals surface area (Å²) in [5.41, 5.74) is 4.42. The minimum absolute atomic E-state index is 0.198. The number of amides is 1. The van der Waals surface area contributed by atoms with Gasteiger partial charge in [-0.05, 0) is 83.1 Å². The van der Waals surface area contributed by atoms with Crippen molar-refractivity contribution in [3.8, 4) is 0 Å². The number of benzene rings is 1. The largest absolute Gasteiger partial charge is 0.462 e. The minimum atomic E-state index is -0.526. The maximum absolute atomic E-state index is 12.7. The quantitative estimate of drug-likeness (QED) is 0.550. The summed E-state index contributed by atoms with van der Waals surface area (Å²) in [6, 6.07) is 5.88. The number of rotatable bonds is 3. The van der Waals surface area contributed by atoms with Crippen LogP contribution in [-0.2, 0) is 21.3 Å². The van der Waals surface area contributed by atoms with E-state index in [1.54, 1.807) is 11.2 Å². The van der Waals surface area contributed by atoms with Crippen LogP contribution >= 0.6 is 0 Å². The molecule has 3 aliphatic rings. The molecular weight excluding hydrogens is 456 g/mol. The first-order chi connectivity index (χ1) is 17.1. The van der Waals surface area contributed by atoms with Crippen LogP contribution in [0.1, 0.15) is 87.0 Å². The Morgan fingerprint density at radius 2 is 1.92 bits per heavy atom. The molecule has 1 unspecified atom stereocenters. The molecule has 1 fully saturated rings. The number of carbonyl (C=O) groups excluding carboxylic acids is 2. The van der Waals surface area contributed by atoms with Crippen LogP contribution in [0.15, 0.2) is 24.5 Å². The van der Waals surface area contributed by atoms with Gasteiger partial charge in [-0.3, -0.25) is 0 Å². The Hall–Kier alpha value is -3.16. The molecule has 0 bridgehead atoms. The molecule has 1 amide bonds. The van der Waals surface area contributed by atoms with Crippen molar-refractivity contribution in [2.24, 2.45) is 0 Å². The lowest BCUT2D eigenvalue weighted by molar-refractivity contribution is 0.0171. The number of fused-ring (bicyclic) bond motifs is 3. The Balaban J connectivity index is 1.51. The van der Waals surface area contributed by atoms with Crippen molar-refractivity contribution in [2.45, 2.75) is 77.2 Å². The first kappa shape index (κ1) is 24.5. The smallest absolute Gasteiger partial charge is 0.410 e. The Morgan fingerprint density at radius 3 is 2.61 bits per heavy atom. The molecule has 0 radical (unpaired) electrons. The van der Waals surface area contributed by atoms with Gasteiger partial charge in [0.25, 0.3) is 0 Å². The first-order valence-electron chi connectivity index (χ1n) is 13.0. The molecule has 2 aliphatic heterocycles. The molecule has 0 N–H and O–H groups in total. The zero-order chi connectivity index (χ0) is 25.7. The number of ether oxygens (including phenoxy) is 2. The Labute approximate surface area is 213 Å². The minimum Gasteiger partial charge on any atom is -0.462 e. The van der Waals surface area contributed by atoms with E-state index in [9.17, 15) is 9.59 Å². The molecule has 8 heteroatoms. The van der Waals surface area contributed by atoms with Crippen molar-refractivity contribution in [3.05, 3.63) is 46.9 Å². The molecule has 5 rings (SSSR count). The first-order valence-corrected chi connectivity index (χ1v) is 13.0. The summed E-state index contributed by atoms with van der Waals surface area (Å²) in [6.45, 7) is 12.0. The number of aryl methyl sites for hydroxylation is 1. The predicted octanol–water partition coefficient (Wildman–Crippen LogP) is 5.12. The molecule has 3 heterocycles. The number of anilines is 2. The van der Waals surface area contributed by atoms with Gasteiger partial charge in [0, 0.05) is 42.0 Å². The Bertz CT molecular complexity index is 1180. The van der Waals surface area contributed by atoms with Crippen molar-refractivity contribution in [1.82, 2.24) is 14.9 Å². The molecule has 36 heavy (non-hydrogen) atoms. The number of hydrogen-bond donors (Lipinski definition) is 0. The van der Waals surface area contributed by atoms with Gasteiger partial charge in [-0.1, -0.05) is 6.92 Å². The third-order valence-electron chi connectivity index (χ3n) is 7.71. The summed E-state index contributed by atoms with van der Waals surface area (Å²) in [6.07, 6.45) is 5.03. The van der Waals surface area contributed by atoms with E-state index >= 15 is 0 Å². The van der Waals surface area contributed by atoms with E-state index in [4.69, 9.17) is 14.5 Å². The van der Waals surface area contributed by atoms with Crippen LogP contribution in [0.4, 0.5) is 16.3 Å². The summed E-state index contributed by atoms with van der Waals surface area (Å²) in [4.78, 5) is 38.8. The summed E-state index contributed by atoms with van der Waals surface area (Å²) in [5, 5.41) is 0. The molecule has 1 atom stereocenters. The molecule has 8 nitrogen and oxygen atoms in total. The lowest BCUT2D eigenvalue weighted by Crippen LogP contribution is -2.48. The third-order valence-corrected chi connectivity index (χ3v) is 7.71. The number of esters is 1. The van der Waals surface area contributed by atoms with Crippen LogP contribution in [0.2, 0.25) is 0 Å². The van der Waals surface area contributed by atoms with Crippen LogP contribution in [-0.4, -0.2) is 58.8 Å². The van der Waals surface area contributed by atoms with E-state index in [-0.39, 0.29) is 17.5 Å². The van der Waals surface area contributed by atoms with Crippen LogP contribution in [0.5, 0.6) is 0 Å². The maximum Gasteiger partial charge on any atom is 0.410 e. The predicted molar refractivity (Wildman–Crippen MR) is 137 cm³/mol. The molecule has 1 saturated heterocycles. The number of hydrogen-bond acceptors (Lipinski definition) is 7. The summed E-state index contributed by atoms with van der Waals surface area (Å²) < 4.78 is 10.9. The van der Waals surface area contributed by atoms with Crippen molar-refractivity contribution in [1.29, 1.82) is 0 Å². The van der Waals surface area contributed by atoms with E-state index in [1.807, 2.05) is 45.9 Å². The number of nitrogens with zero attached hydrogens (tertiary/aromatic N) is 4. The number of aromatic nitrogens is 2. The fourth-order valence-electron chi connectivity index (χ4n) is 5.91.